The monoisotopic (exact) mass is 413 g/mol. The summed E-state index contributed by atoms with van der Waals surface area (Å²) in [5.41, 5.74) is 5.56. The average Bonchev–Trinajstić information content (AvgIpc) is 3.40. The predicted molar refractivity (Wildman–Crippen MR) is 119 cm³/mol. The number of thiophene rings is 1. The highest BCUT2D eigenvalue weighted by Crippen LogP contribution is 2.31. The van der Waals surface area contributed by atoms with Crippen LogP contribution >= 0.6 is 11.3 Å². The lowest BCUT2D eigenvalue weighted by molar-refractivity contribution is 0.415. The number of aryl methyl sites for hydroxylation is 2. The van der Waals surface area contributed by atoms with E-state index >= 15 is 0 Å². The number of nitriles is 2. The van der Waals surface area contributed by atoms with E-state index < -0.39 is 0 Å². The number of allylic oxidation sites excluding steroid dienone is 1. The Labute approximate surface area is 178 Å². The van der Waals surface area contributed by atoms with Crippen LogP contribution in [0.4, 0.5) is 0 Å². The average molecular weight is 414 g/mol. The summed E-state index contributed by atoms with van der Waals surface area (Å²) in [5.74, 6) is 1.23. The van der Waals surface area contributed by atoms with Crippen molar-refractivity contribution in [2.45, 2.75) is 20.8 Å². The molecule has 0 spiro atoms. The highest BCUT2D eigenvalue weighted by Gasteiger charge is 2.17. The summed E-state index contributed by atoms with van der Waals surface area (Å²) in [6.45, 7) is 5.99. The van der Waals surface area contributed by atoms with Gasteiger partial charge in [-0.05, 0) is 56.7 Å². The zero-order chi connectivity index (χ0) is 21.4. The van der Waals surface area contributed by atoms with Crippen LogP contribution in [0.2, 0.25) is 0 Å². The number of fused-ring (bicyclic) bond motifs is 1. The molecule has 0 bridgehead atoms. The molecule has 0 radical (unpaired) electrons. The van der Waals surface area contributed by atoms with E-state index in [0.29, 0.717) is 17.0 Å². The minimum Gasteiger partial charge on any atom is -0.497 e. The second-order valence-electron chi connectivity index (χ2n) is 6.99. The fraction of sp³-hybridized carbons (Fsp3) is 0.174. The third kappa shape index (κ3) is 3.26. The number of aromatic nitrogens is 3. The van der Waals surface area contributed by atoms with Crippen molar-refractivity contribution >= 4 is 34.0 Å². The second kappa shape index (κ2) is 7.55. The van der Waals surface area contributed by atoms with Crippen LogP contribution in [0.1, 0.15) is 33.2 Å². The molecule has 148 valence electrons. The molecule has 1 N–H and O–H groups in total. The lowest BCUT2D eigenvalue weighted by atomic mass is 10.1. The first-order valence-electron chi connectivity index (χ1n) is 9.31. The van der Waals surface area contributed by atoms with Crippen molar-refractivity contribution in [1.29, 1.82) is 10.5 Å². The van der Waals surface area contributed by atoms with Gasteiger partial charge in [0.05, 0.1) is 29.3 Å². The van der Waals surface area contributed by atoms with Gasteiger partial charge in [-0.3, -0.25) is 0 Å². The SMILES string of the molecule is COc1ccc2nc(C(C#N)=Cc3cc(C)n(-c4sc(C)cc4C#N)c3C)[nH]c2c1. The molecule has 30 heavy (non-hydrogen) atoms. The quantitative estimate of drug-likeness (QED) is 0.461. The maximum Gasteiger partial charge on any atom is 0.149 e. The Balaban J connectivity index is 1.81. The first kappa shape index (κ1) is 19.5. The summed E-state index contributed by atoms with van der Waals surface area (Å²) in [6, 6.07) is 14.0. The van der Waals surface area contributed by atoms with Crippen LogP contribution in [0.25, 0.3) is 27.7 Å². The highest BCUT2D eigenvalue weighted by atomic mass is 32.1. The molecule has 6 nitrogen and oxygen atoms in total. The molecule has 0 aliphatic rings. The number of hydrogen-bond donors (Lipinski definition) is 1. The largest absolute Gasteiger partial charge is 0.497 e. The van der Waals surface area contributed by atoms with E-state index in [-0.39, 0.29) is 0 Å². The Morgan fingerprint density at radius 1 is 1.20 bits per heavy atom. The van der Waals surface area contributed by atoms with Gasteiger partial charge in [0.2, 0.25) is 0 Å². The third-order valence-electron chi connectivity index (χ3n) is 4.99. The number of ether oxygens (including phenoxy) is 1. The van der Waals surface area contributed by atoms with Crippen molar-refractivity contribution in [3.63, 3.8) is 0 Å². The van der Waals surface area contributed by atoms with Gasteiger partial charge in [0.15, 0.2) is 0 Å². The van der Waals surface area contributed by atoms with Crippen molar-refractivity contribution in [2.75, 3.05) is 7.11 Å². The molecule has 0 saturated carbocycles. The first-order chi connectivity index (χ1) is 14.4. The summed E-state index contributed by atoms with van der Waals surface area (Å²) < 4.78 is 7.33. The Morgan fingerprint density at radius 3 is 2.70 bits per heavy atom. The predicted octanol–water partition coefficient (Wildman–Crippen LogP) is 5.28. The molecule has 0 saturated heterocycles. The van der Waals surface area contributed by atoms with Crippen molar-refractivity contribution in [1.82, 2.24) is 14.5 Å². The van der Waals surface area contributed by atoms with Crippen LogP contribution in [0.5, 0.6) is 5.75 Å². The minimum atomic E-state index is 0.438. The Morgan fingerprint density at radius 2 is 2.00 bits per heavy atom. The summed E-state index contributed by atoms with van der Waals surface area (Å²) in [7, 11) is 1.61. The van der Waals surface area contributed by atoms with Gasteiger partial charge >= 0.3 is 0 Å². The lowest BCUT2D eigenvalue weighted by Gasteiger charge is -2.07. The van der Waals surface area contributed by atoms with Crippen LogP contribution in [-0.4, -0.2) is 21.6 Å². The van der Waals surface area contributed by atoms with E-state index in [9.17, 15) is 10.5 Å². The van der Waals surface area contributed by atoms with Gasteiger partial charge in [0, 0.05) is 22.3 Å². The van der Waals surface area contributed by atoms with E-state index in [1.54, 1.807) is 18.4 Å². The zero-order valence-electron chi connectivity index (χ0n) is 17.1. The van der Waals surface area contributed by atoms with Crippen LogP contribution < -0.4 is 4.74 Å². The number of rotatable bonds is 4. The van der Waals surface area contributed by atoms with Crippen LogP contribution in [0, 0.1) is 43.4 Å². The van der Waals surface area contributed by atoms with Gasteiger partial charge in [-0.15, -0.1) is 11.3 Å². The summed E-state index contributed by atoms with van der Waals surface area (Å²) >= 11 is 1.59. The second-order valence-corrected chi connectivity index (χ2v) is 8.22. The number of imidazole rings is 1. The van der Waals surface area contributed by atoms with Gasteiger partial charge in [-0.1, -0.05) is 0 Å². The number of H-pyrrole nitrogens is 1. The summed E-state index contributed by atoms with van der Waals surface area (Å²) in [5, 5.41) is 20.2. The molecular weight excluding hydrogens is 394 g/mol. The smallest absolute Gasteiger partial charge is 0.149 e. The van der Waals surface area contributed by atoms with Crippen LogP contribution in [-0.2, 0) is 0 Å². The number of aromatic amines is 1. The van der Waals surface area contributed by atoms with E-state index in [2.05, 4.69) is 26.7 Å². The van der Waals surface area contributed by atoms with Gasteiger partial charge in [-0.2, -0.15) is 10.5 Å². The molecule has 0 aliphatic carbocycles. The molecule has 0 unspecified atom stereocenters. The van der Waals surface area contributed by atoms with E-state index in [1.165, 1.54) is 0 Å². The summed E-state index contributed by atoms with van der Waals surface area (Å²) in [6.07, 6.45) is 1.83. The van der Waals surface area contributed by atoms with Crippen LogP contribution in [0.3, 0.4) is 0 Å². The van der Waals surface area contributed by atoms with Crippen molar-refractivity contribution < 1.29 is 4.74 Å². The van der Waals surface area contributed by atoms with Gasteiger partial charge < -0.3 is 14.3 Å². The molecule has 0 amide bonds. The molecule has 3 aromatic heterocycles. The molecule has 1 aromatic carbocycles. The minimum absolute atomic E-state index is 0.438. The molecule has 0 atom stereocenters. The number of benzene rings is 1. The molecule has 0 aliphatic heterocycles. The fourth-order valence-electron chi connectivity index (χ4n) is 3.55. The normalized spacial score (nSPS) is 11.5. The van der Waals surface area contributed by atoms with Crippen molar-refractivity contribution in [3.8, 4) is 22.9 Å². The van der Waals surface area contributed by atoms with Crippen LogP contribution in [0.15, 0.2) is 30.3 Å². The molecule has 4 rings (SSSR count). The molecule has 3 heterocycles. The molecule has 0 fully saturated rings. The van der Waals surface area contributed by atoms with Gasteiger partial charge in [0.1, 0.15) is 28.7 Å². The Kier molecular flexibility index (Phi) is 4.91. The zero-order valence-corrected chi connectivity index (χ0v) is 17.9. The molecule has 7 heteroatoms. The van der Waals surface area contributed by atoms with Crippen molar-refractivity contribution in [2.24, 2.45) is 0 Å². The van der Waals surface area contributed by atoms with E-state index in [4.69, 9.17) is 4.74 Å². The van der Waals surface area contributed by atoms with Crippen molar-refractivity contribution in [3.05, 3.63) is 63.5 Å². The topological polar surface area (TPSA) is 90.4 Å². The molecule has 4 aromatic rings. The standard InChI is InChI=1S/C23H19N5OS/c1-13-7-16(15(3)28(13)23-18(12-25)8-14(2)30-23)9-17(11-24)22-26-20-6-5-19(29-4)10-21(20)27-22/h5-10H,1-4H3,(H,26,27). The number of hydrogen-bond acceptors (Lipinski definition) is 5. The number of nitrogens with one attached hydrogen (secondary N) is 1. The first-order valence-corrected chi connectivity index (χ1v) is 10.1. The van der Waals surface area contributed by atoms with E-state index in [1.807, 2.05) is 57.2 Å². The van der Waals surface area contributed by atoms with Gasteiger partial charge in [-0.25, -0.2) is 4.98 Å². The van der Waals surface area contributed by atoms with Gasteiger partial charge in [0.25, 0.3) is 0 Å². The lowest BCUT2D eigenvalue weighted by Crippen LogP contribution is -1.98. The maximum absolute atomic E-state index is 9.79. The maximum atomic E-state index is 9.79. The summed E-state index contributed by atoms with van der Waals surface area (Å²) in [4.78, 5) is 8.84. The number of methoxy groups -OCH3 is 1. The highest BCUT2D eigenvalue weighted by molar-refractivity contribution is 7.14. The van der Waals surface area contributed by atoms with E-state index in [0.717, 1.165) is 43.6 Å². The third-order valence-corrected chi connectivity index (χ3v) is 6.03. The fourth-order valence-corrected chi connectivity index (χ4v) is 4.62. The Hall–Kier alpha value is -3.81. The Bertz CT molecular complexity index is 1390. The number of nitrogens with zero attached hydrogens (tertiary/aromatic N) is 4. The molecular formula is C23H19N5OS.